The van der Waals surface area contributed by atoms with Crippen LogP contribution >= 0.6 is 0 Å². The smallest absolute Gasteiger partial charge is 0.124 e. The highest BCUT2D eigenvalue weighted by atomic mass is 16.4. The summed E-state index contributed by atoms with van der Waals surface area (Å²) in [5.74, 6) is -4.12. The molecule has 17 heavy (non-hydrogen) atoms. The van der Waals surface area contributed by atoms with Crippen molar-refractivity contribution in [2.45, 2.75) is 12.2 Å². The number of rotatable bonds is 7. The zero-order chi connectivity index (χ0) is 13.8. The summed E-state index contributed by atoms with van der Waals surface area (Å²) in [6.07, 6.45) is -4.88. The van der Waals surface area contributed by atoms with Gasteiger partial charge in [0.1, 0.15) is 12.2 Å². The minimum absolute atomic E-state index is 0.194. The number of quaternary nitrogens is 1. The van der Waals surface area contributed by atoms with E-state index in [0.29, 0.717) is 13.1 Å². The van der Waals surface area contributed by atoms with E-state index in [1.54, 1.807) is 0 Å². The third-order valence-electron chi connectivity index (χ3n) is 1.45. The number of hydrogen-bond donors (Lipinski definition) is 5. The van der Waals surface area contributed by atoms with Crippen LogP contribution in [0, 0.1) is 0 Å². The van der Waals surface area contributed by atoms with E-state index in [1.165, 1.54) is 0 Å². The highest BCUT2D eigenvalue weighted by molar-refractivity contribution is 5.80. The van der Waals surface area contributed by atoms with Gasteiger partial charge >= 0.3 is 0 Å². The van der Waals surface area contributed by atoms with Crippen LogP contribution in [0.3, 0.4) is 0 Å². The van der Waals surface area contributed by atoms with Crippen LogP contribution < -0.4 is 15.5 Å². The largest absolute Gasteiger partial charge is 0.547 e. The molecule has 2 unspecified atom stereocenters. The van der Waals surface area contributed by atoms with Crippen LogP contribution in [0.1, 0.15) is 0 Å². The van der Waals surface area contributed by atoms with E-state index < -0.39 is 24.1 Å². The first kappa shape index (κ1) is 18.1. The zero-order valence-electron chi connectivity index (χ0n) is 8.98. The molecule has 0 aliphatic heterocycles. The van der Waals surface area contributed by atoms with Crippen molar-refractivity contribution in [1.82, 2.24) is 0 Å². The molecule has 2 atom stereocenters. The summed E-state index contributed by atoms with van der Waals surface area (Å²) in [6.45, 7) is 1.78. The van der Waals surface area contributed by atoms with Gasteiger partial charge < -0.3 is 45.5 Å². The van der Waals surface area contributed by atoms with Gasteiger partial charge in [0.25, 0.3) is 0 Å². The Bertz CT molecular complexity index is 200. The van der Waals surface area contributed by atoms with Gasteiger partial charge in [-0.15, -0.1) is 0 Å². The van der Waals surface area contributed by atoms with Gasteiger partial charge in [-0.2, -0.15) is 0 Å². The van der Waals surface area contributed by atoms with Crippen molar-refractivity contribution in [3.8, 4) is 0 Å². The number of aliphatic carboxylic acids is 2. The SMILES string of the molecule is O=C([O-])C(O)C(O)C(=O)[O-].OCC[NH2+]CCO. The highest BCUT2D eigenvalue weighted by Crippen LogP contribution is 1.88. The maximum atomic E-state index is 9.63. The van der Waals surface area contributed by atoms with Crippen molar-refractivity contribution >= 4 is 11.9 Å². The molecule has 0 aromatic rings. The Hall–Kier alpha value is -1.26. The van der Waals surface area contributed by atoms with E-state index in [2.05, 4.69) is 0 Å². The molecule has 0 spiro atoms. The number of carboxylic acids is 2. The van der Waals surface area contributed by atoms with Gasteiger partial charge in [0.15, 0.2) is 0 Å². The van der Waals surface area contributed by atoms with E-state index in [0.717, 1.165) is 0 Å². The molecule has 0 fully saturated rings. The van der Waals surface area contributed by atoms with E-state index in [4.69, 9.17) is 20.4 Å². The fourth-order valence-electron chi connectivity index (χ4n) is 0.585. The molecule has 9 nitrogen and oxygen atoms in total. The molecule has 0 rings (SSSR count). The summed E-state index contributed by atoms with van der Waals surface area (Å²) in [4.78, 5) is 19.3. The second kappa shape index (κ2) is 11.2. The number of nitrogens with two attached hydrogens (primary N) is 1. The van der Waals surface area contributed by atoms with Crippen LogP contribution in [0.5, 0.6) is 0 Å². The molecule has 0 saturated carbocycles. The number of carbonyl (C=O) groups is 2. The van der Waals surface area contributed by atoms with Crippen molar-refractivity contribution in [1.29, 1.82) is 0 Å². The summed E-state index contributed by atoms with van der Waals surface area (Å²) in [5.41, 5.74) is 0. The molecule has 9 heteroatoms. The van der Waals surface area contributed by atoms with Crippen molar-refractivity contribution in [2.24, 2.45) is 0 Å². The van der Waals surface area contributed by atoms with Gasteiger partial charge in [0.2, 0.25) is 0 Å². The fourth-order valence-corrected chi connectivity index (χ4v) is 0.585. The molecule has 102 valence electrons. The highest BCUT2D eigenvalue weighted by Gasteiger charge is 2.17. The molecule has 0 aromatic carbocycles. The van der Waals surface area contributed by atoms with E-state index in [-0.39, 0.29) is 13.2 Å². The summed E-state index contributed by atoms with van der Waals surface area (Å²) >= 11 is 0. The van der Waals surface area contributed by atoms with Gasteiger partial charge in [0, 0.05) is 0 Å². The minimum Gasteiger partial charge on any atom is -0.547 e. The van der Waals surface area contributed by atoms with Gasteiger partial charge in [-0.3, -0.25) is 0 Å². The lowest BCUT2D eigenvalue weighted by Gasteiger charge is -2.18. The molecule has 0 saturated heterocycles. The lowest BCUT2D eigenvalue weighted by atomic mass is 10.2. The first-order valence-electron chi connectivity index (χ1n) is 4.69. The van der Waals surface area contributed by atoms with E-state index in [1.807, 2.05) is 5.32 Å². The Kier molecular flexibility index (Phi) is 12.0. The van der Waals surface area contributed by atoms with E-state index >= 15 is 0 Å². The van der Waals surface area contributed by atoms with Gasteiger partial charge in [0.05, 0.1) is 38.2 Å². The molecule has 0 radical (unpaired) electrons. The van der Waals surface area contributed by atoms with Crippen molar-refractivity contribution in [3.63, 3.8) is 0 Å². The van der Waals surface area contributed by atoms with Crippen LogP contribution in [-0.2, 0) is 9.59 Å². The predicted octanol–water partition coefficient (Wildman–Crippen LogP) is -7.26. The second-order valence-corrected chi connectivity index (χ2v) is 2.84. The standard InChI is InChI=1S/C4H11NO2.C4H6O6/c6-3-1-5-2-4-7;5-1(3(7)8)2(6)4(9)10/h5-7H,1-4H2;1-2,5-6H,(H,7,8)(H,9,10)/p-1. The molecule has 0 bridgehead atoms. The quantitative estimate of drug-likeness (QED) is 0.278. The van der Waals surface area contributed by atoms with Gasteiger partial charge in [-0.1, -0.05) is 0 Å². The first-order valence-corrected chi connectivity index (χ1v) is 4.69. The lowest BCUT2D eigenvalue weighted by Crippen LogP contribution is -2.85. The fraction of sp³-hybridized carbons (Fsp3) is 0.750. The van der Waals surface area contributed by atoms with Gasteiger partial charge in [-0.05, 0) is 0 Å². The molecule has 0 heterocycles. The van der Waals surface area contributed by atoms with E-state index in [9.17, 15) is 19.8 Å². The Morgan fingerprint density at radius 2 is 1.24 bits per heavy atom. The third-order valence-corrected chi connectivity index (χ3v) is 1.45. The van der Waals surface area contributed by atoms with Crippen molar-refractivity contribution < 1.29 is 45.5 Å². The minimum atomic E-state index is -2.44. The number of carbonyl (C=O) groups excluding carboxylic acids is 2. The van der Waals surface area contributed by atoms with Gasteiger partial charge in [-0.25, -0.2) is 0 Å². The van der Waals surface area contributed by atoms with Crippen molar-refractivity contribution in [2.75, 3.05) is 26.3 Å². The van der Waals surface area contributed by atoms with Crippen LogP contribution in [0.4, 0.5) is 0 Å². The third kappa shape index (κ3) is 11.0. The molecule has 0 aliphatic carbocycles. The zero-order valence-corrected chi connectivity index (χ0v) is 8.98. The summed E-state index contributed by atoms with van der Waals surface area (Å²) in [5, 5.41) is 54.0. The molecular weight excluding hydrogens is 238 g/mol. The normalized spacial score (nSPS) is 13.2. The lowest BCUT2D eigenvalue weighted by molar-refractivity contribution is -0.657. The Morgan fingerprint density at radius 3 is 1.41 bits per heavy atom. The molecule has 0 aliphatic rings. The second-order valence-electron chi connectivity index (χ2n) is 2.84. The number of hydrogen-bond acceptors (Lipinski definition) is 8. The molecule has 0 aromatic heterocycles. The average molecular weight is 254 g/mol. The van der Waals surface area contributed by atoms with Crippen LogP contribution in [0.15, 0.2) is 0 Å². The first-order chi connectivity index (χ1) is 7.88. The molecule has 0 amide bonds. The molecule has 6 N–H and O–H groups in total. The Morgan fingerprint density at radius 1 is 0.941 bits per heavy atom. The Balaban J connectivity index is 0. The number of aliphatic hydroxyl groups excluding tert-OH is 4. The monoisotopic (exact) mass is 254 g/mol. The number of aliphatic hydroxyl groups is 4. The predicted molar refractivity (Wildman–Crippen MR) is 47.9 cm³/mol. The average Bonchev–Trinajstić information content (AvgIpc) is 2.28. The summed E-state index contributed by atoms with van der Waals surface area (Å²) in [7, 11) is 0. The molecular formula is C8H16NO8-. The number of carboxylic acid groups (broad SMARTS) is 2. The van der Waals surface area contributed by atoms with Crippen LogP contribution in [0.25, 0.3) is 0 Å². The topological polar surface area (TPSA) is 178 Å². The van der Waals surface area contributed by atoms with Crippen LogP contribution in [0.2, 0.25) is 0 Å². The van der Waals surface area contributed by atoms with Crippen molar-refractivity contribution in [3.05, 3.63) is 0 Å². The maximum Gasteiger partial charge on any atom is 0.124 e. The van der Waals surface area contributed by atoms with Crippen LogP contribution in [-0.4, -0.2) is 70.9 Å². The summed E-state index contributed by atoms with van der Waals surface area (Å²) in [6, 6.07) is 0. The maximum absolute atomic E-state index is 9.63. The Labute approximate surface area is 96.9 Å². The summed E-state index contributed by atoms with van der Waals surface area (Å²) < 4.78 is 0.